The minimum atomic E-state index is -0.339. The van der Waals surface area contributed by atoms with Crippen molar-refractivity contribution in [2.75, 3.05) is 24.6 Å². The molecule has 23 heavy (non-hydrogen) atoms. The van der Waals surface area contributed by atoms with Gasteiger partial charge in [-0.3, -0.25) is 9.69 Å². The molecule has 0 radical (unpaired) electrons. The average Bonchev–Trinajstić information content (AvgIpc) is 2.50. The molecule has 1 aromatic heterocycles. The highest BCUT2D eigenvalue weighted by Crippen LogP contribution is 2.21. The van der Waals surface area contributed by atoms with Crippen LogP contribution < -0.4 is 11.1 Å². The second-order valence-corrected chi connectivity index (χ2v) is 4.85. The molecule has 3 N–H and O–H groups in total. The molecule has 0 aliphatic carbocycles. The topological polar surface area (TPSA) is 71.2 Å². The number of anilines is 2. The van der Waals surface area contributed by atoms with Crippen LogP contribution in [0.3, 0.4) is 0 Å². The number of pyridine rings is 1. The zero-order valence-corrected chi connectivity index (χ0v) is 14.7. The van der Waals surface area contributed by atoms with E-state index in [-0.39, 0.29) is 36.8 Å². The maximum atomic E-state index is 12.6. The standard InChI is InChI=1S/C16H20N4O.2ClH/c1-3-20(2)15(12-7-5-4-6-8-12)16(21)19-13-9-10-14(17)18-11-13;;/h4-11,15H,3H2,1-2H3,(H2,17,18)(H,19,21);2*1H. The van der Waals surface area contributed by atoms with Crippen LogP contribution in [-0.4, -0.2) is 29.4 Å². The van der Waals surface area contributed by atoms with E-state index in [2.05, 4.69) is 10.3 Å². The second kappa shape index (κ2) is 10.0. The predicted octanol–water partition coefficient (Wildman–Crippen LogP) is 3.14. The first kappa shape index (κ1) is 21.2. The van der Waals surface area contributed by atoms with Crippen molar-refractivity contribution in [1.29, 1.82) is 0 Å². The molecule has 126 valence electrons. The first-order valence-corrected chi connectivity index (χ1v) is 6.89. The highest BCUT2D eigenvalue weighted by atomic mass is 35.5. The van der Waals surface area contributed by atoms with Gasteiger partial charge >= 0.3 is 0 Å². The smallest absolute Gasteiger partial charge is 0.246 e. The van der Waals surface area contributed by atoms with Crippen molar-refractivity contribution in [2.24, 2.45) is 0 Å². The van der Waals surface area contributed by atoms with Crippen LogP contribution in [0.2, 0.25) is 0 Å². The third-order valence-corrected chi connectivity index (χ3v) is 3.36. The normalized spacial score (nSPS) is 11.1. The van der Waals surface area contributed by atoms with Gasteiger partial charge in [-0.05, 0) is 31.3 Å². The molecule has 7 heteroatoms. The van der Waals surface area contributed by atoms with Crippen molar-refractivity contribution < 1.29 is 4.79 Å². The Kier molecular flexibility index (Phi) is 9.25. The summed E-state index contributed by atoms with van der Waals surface area (Å²) in [6.07, 6.45) is 1.56. The zero-order chi connectivity index (χ0) is 15.2. The first-order chi connectivity index (χ1) is 10.1. The summed E-state index contributed by atoms with van der Waals surface area (Å²) in [5, 5.41) is 2.88. The van der Waals surface area contributed by atoms with Crippen molar-refractivity contribution >= 4 is 42.2 Å². The number of benzene rings is 1. The molecule has 1 unspecified atom stereocenters. The van der Waals surface area contributed by atoms with E-state index in [1.165, 1.54) is 0 Å². The van der Waals surface area contributed by atoms with Crippen molar-refractivity contribution in [2.45, 2.75) is 13.0 Å². The van der Waals surface area contributed by atoms with Gasteiger partial charge < -0.3 is 11.1 Å². The van der Waals surface area contributed by atoms with Gasteiger partial charge in [0.25, 0.3) is 0 Å². The van der Waals surface area contributed by atoms with Crippen LogP contribution in [0.15, 0.2) is 48.7 Å². The summed E-state index contributed by atoms with van der Waals surface area (Å²) < 4.78 is 0. The van der Waals surface area contributed by atoms with Crippen molar-refractivity contribution in [3.63, 3.8) is 0 Å². The number of rotatable bonds is 5. The third-order valence-electron chi connectivity index (χ3n) is 3.36. The van der Waals surface area contributed by atoms with Crippen molar-refractivity contribution in [3.05, 3.63) is 54.2 Å². The summed E-state index contributed by atoms with van der Waals surface area (Å²) >= 11 is 0. The summed E-state index contributed by atoms with van der Waals surface area (Å²) in [5.41, 5.74) is 7.15. The molecule has 0 aliphatic rings. The molecule has 1 atom stereocenters. The Hall–Kier alpha value is -1.82. The number of carbonyl (C=O) groups is 1. The maximum absolute atomic E-state index is 12.6. The van der Waals surface area contributed by atoms with E-state index < -0.39 is 0 Å². The molecule has 0 fully saturated rings. The lowest BCUT2D eigenvalue weighted by molar-refractivity contribution is -0.121. The van der Waals surface area contributed by atoms with Gasteiger partial charge in [-0.25, -0.2) is 4.98 Å². The molecular weight excluding hydrogens is 335 g/mol. The van der Waals surface area contributed by atoms with Crippen molar-refractivity contribution in [1.82, 2.24) is 9.88 Å². The summed E-state index contributed by atoms with van der Waals surface area (Å²) in [5.74, 6) is 0.343. The van der Waals surface area contributed by atoms with E-state index in [0.29, 0.717) is 11.5 Å². The summed E-state index contributed by atoms with van der Waals surface area (Å²) in [6.45, 7) is 2.79. The van der Waals surface area contributed by atoms with Crippen LogP contribution in [0, 0.1) is 0 Å². The Labute approximate surface area is 149 Å². The van der Waals surface area contributed by atoms with Crippen LogP contribution in [0.1, 0.15) is 18.5 Å². The third kappa shape index (κ3) is 5.71. The molecule has 0 aliphatic heterocycles. The molecule has 0 saturated carbocycles. The summed E-state index contributed by atoms with van der Waals surface area (Å²) in [6, 6.07) is 12.8. The molecule has 0 spiro atoms. The van der Waals surface area contributed by atoms with E-state index in [1.54, 1.807) is 18.3 Å². The molecule has 2 rings (SSSR count). The van der Waals surface area contributed by atoms with Gasteiger partial charge in [0, 0.05) is 0 Å². The van der Waals surface area contributed by atoms with E-state index in [4.69, 9.17) is 5.73 Å². The summed E-state index contributed by atoms with van der Waals surface area (Å²) in [4.78, 5) is 18.6. The molecule has 2 aromatic rings. The lowest BCUT2D eigenvalue weighted by Crippen LogP contribution is -2.34. The molecular formula is C16H22Cl2N4O. The number of amides is 1. The number of carbonyl (C=O) groups excluding carboxylic acids is 1. The summed E-state index contributed by atoms with van der Waals surface area (Å²) in [7, 11) is 1.93. The molecule has 5 nitrogen and oxygen atoms in total. The predicted molar refractivity (Wildman–Crippen MR) is 99.3 cm³/mol. The van der Waals surface area contributed by atoms with Gasteiger partial charge in [-0.15, -0.1) is 24.8 Å². The Morgan fingerprint density at radius 1 is 1.22 bits per heavy atom. The van der Waals surface area contributed by atoms with Gasteiger partial charge in [0.15, 0.2) is 0 Å². The lowest BCUT2D eigenvalue weighted by atomic mass is 10.0. The zero-order valence-electron chi connectivity index (χ0n) is 13.1. The van der Waals surface area contributed by atoms with Gasteiger partial charge in [0.1, 0.15) is 11.9 Å². The SMILES string of the molecule is CCN(C)C(C(=O)Nc1ccc(N)nc1)c1ccccc1.Cl.Cl. The minimum Gasteiger partial charge on any atom is -0.384 e. The minimum absolute atomic E-state index is 0. The fraction of sp³-hybridized carbons (Fsp3) is 0.250. The highest BCUT2D eigenvalue weighted by Gasteiger charge is 2.24. The molecule has 1 heterocycles. The first-order valence-electron chi connectivity index (χ1n) is 6.89. The number of likely N-dealkylation sites (N-methyl/N-ethyl adjacent to an activating group) is 1. The van der Waals surface area contributed by atoms with Gasteiger partial charge in [0.05, 0.1) is 11.9 Å². The maximum Gasteiger partial charge on any atom is 0.246 e. The quantitative estimate of drug-likeness (QED) is 0.863. The number of nitrogen functional groups attached to an aromatic ring is 1. The van der Waals surface area contributed by atoms with Gasteiger partial charge in [-0.1, -0.05) is 37.3 Å². The van der Waals surface area contributed by atoms with Gasteiger partial charge in [0.2, 0.25) is 5.91 Å². The number of nitrogens with zero attached hydrogens (tertiary/aromatic N) is 2. The highest BCUT2D eigenvalue weighted by molar-refractivity contribution is 5.95. The Morgan fingerprint density at radius 2 is 1.87 bits per heavy atom. The van der Waals surface area contributed by atoms with Crippen LogP contribution in [0.5, 0.6) is 0 Å². The van der Waals surface area contributed by atoms with E-state index in [0.717, 1.165) is 12.1 Å². The number of hydrogen-bond donors (Lipinski definition) is 2. The Morgan fingerprint density at radius 3 is 2.39 bits per heavy atom. The van der Waals surface area contributed by atoms with Gasteiger partial charge in [-0.2, -0.15) is 0 Å². The Bertz CT molecular complexity index is 593. The average molecular weight is 357 g/mol. The fourth-order valence-corrected chi connectivity index (χ4v) is 2.11. The van der Waals surface area contributed by atoms with E-state index in [9.17, 15) is 4.79 Å². The van der Waals surface area contributed by atoms with Crippen LogP contribution >= 0.6 is 24.8 Å². The van der Waals surface area contributed by atoms with Crippen LogP contribution in [0.4, 0.5) is 11.5 Å². The fourth-order valence-electron chi connectivity index (χ4n) is 2.11. The molecule has 1 aromatic carbocycles. The molecule has 0 bridgehead atoms. The monoisotopic (exact) mass is 356 g/mol. The number of nitrogens with one attached hydrogen (secondary N) is 1. The number of hydrogen-bond acceptors (Lipinski definition) is 4. The van der Waals surface area contributed by atoms with E-state index in [1.807, 2.05) is 49.2 Å². The Balaban J connectivity index is 0.00000242. The number of halogens is 2. The molecule has 0 saturated heterocycles. The number of aromatic nitrogens is 1. The van der Waals surface area contributed by atoms with Crippen LogP contribution in [-0.2, 0) is 4.79 Å². The number of nitrogens with two attached hydrogens (primary N) is 1. The largest absolute Gasteiger partial charge is 0.384 e. The lowest BCUT2D eigenvalue weighted by Gasteiger charge is -2.26. The molecule has 1 amide bonds. The van der Waals surface area contributed by atoms with E-state index >= 15 is 0 Å². The van der Waals surface area contributed by atoms with Crippen LogP contribution in [0.25, 0.3) is 0 Å². The second-order valence-electron chi connectivity index (χ2n) is 4.85. The van der Waals surface area contributed by atoms with Crippen molar-refractivity contribution in [3.8, 4) is 0 Å².